The molecule has 0 heterocycles. The Morgan fingerprint density at radius 3 is 2.43 bits per heavy atom. The topological polar surface area (TPSA) is 59.6 Å². The van der Waals surface area contributed by atoms with Crippen molar-refractivity contribution in [3.8, 4) is 11.5 Å². The standard InChI is InChI=1S/C19H21F3N2O3S/c1-3-27-16-9-4-13(12-17(16)26-2)10-11-23-18(25)24-14-5-7-15(8-6-14)28-19(20,21)22/h4-9,12H,3,10-11H2,1-2H3,(H2,23,24,25). The number of nitrogens with one attached hydrogen (secondary N) is 2. The first-order chi connectivity index (χ1) is 13.3. The minimum absolute atomic E-state index is 0.0582. The van der Waals surface area contributed by atoms with E-state index >= 15 is 0 Å². The lowest BCUT2D eigenvalue weighted by molar-refractivity contribution is -0.0328. The second-order valence-electron chi connectivity index (χ2n) is 5.62. The van der Waals surface area contributed by atoms with E-state index in [0.717, 1.165) is 5.56 Å². The van der Waals surface area contributed by atoms with Crippen LogP contribution in [0.15, 0.2) is 47.4 Å². The molecule has 2 rings (SSSR count). The largest absolute Gasteiger partial charge is 0.493 e. The molecule has 0 bridgehead atoms. The van der Waals surface area contributed by atoms with Gasteiger partial charge in [0.05, 0.1) is 13.7 Å². The number of carbonyl (C=O) groups is 1. The number of carbonyl (C=O) groups excluding carboxylic acids is 1. The van der Waals surface area contributed by atoms with Crippen LogP contribution in [0.1, 0.15) is 12.5 Å². The van der Waals surface area contributed by atoms with Gasteiger partial charge in [0.2, 0.25) is 0 Å². The van der Waals surface area contributed by atoms with E-state index in [2.05, 4.69) is 10.6 Å². The van der Waals surface area contributed by atoms with Crippen molar-refractivity contribution in [2.24, 2.45) is 0 Å². The smallest absolute Gasteiger partial charge is 0.446 e. The lowest BCUT2D eigenvalue weighted by atomic mass is 10.1. The molecule has 0 spiro atoms. The average molecular weight is 414 g/mol. The van der Waals surface area contributed by atoms with Crippen LogP contribution in [0.3, 0.4) is 0 Å². The molecule has 2 N–H and O–H groups in total. The average Bonchev–Trinajstić information content (AvgIpc) is 2.63. The molecule has 0 saturated carbocycles. The molecule has 0 aliphatic carbocycles. The number of ether oxygens (including phenoxy) is 2. The number of halogens is 3. The van der Waals surface area contributed by atoms with Crippen molar-refractivity contribution < 1.29 is 27.4 Å². The number of hydrogen-bond donors (Lipinski definition) is 2. The zero-order chi connectivity index (χ0) is 20.6. The summed E-state index contributed by atoms with van der Waals surface area (Å²) in [5.74, 6) is 1.28. The normalized spacial score (nSPS) is 11.0. The van der Waals surface area contributed by atoms with Gasteiger partial charge in [-0.15, -0.1) is 0 Å². The maximum atomic E-state index is 12.3. The highest BCUT2D eigenvalue weighted by molar-refractivity contribution is 8.00. The summed E-state index contributed by atoms with van der Waals surface area (Å²) in [6.07, 6.45) is 0.581. The fraction of sp³-hybridized carbons (Fsp3) is 0.316. The molecule has 0 fully saturated rings. The molecule has 152 valence electrons. The number of hydrogen-bond acceptors (Lipinski definition) is 4. The molecule has 0 aliphatic heterocycles. The molecule has 28 heavy (non-hydrogen) atoms. The van der Waals surface area contributed by atoms with Gasteiger partial charge in [0.15, 0.2) is 11.5 Å². The monoisotopic (exact) mass is 414 g/mol. The molecule has 9 heteroatoms. The number of amides is 2. The number of anilines is 1. The first-order valence-corrected chi connectivity index (χ1v) is 9.32. The van der Waals surface area contributed by atoms with Crippen LogP contribution in [-0.2, 0) is 6.42 Å². The molecule has 0 aromatic heterocycles. The van der Waals surface area contributed by atoms with E-state index < -0.39 is 11.5 Å². The highest BCUT2D eigenvalue weighted by atomic mass is 32.2. The molecule has 0 aliphatic rings. The van der Waals surface area contributed by atoms with E-state index in [1.165, 1.54) is 24.3 Å². The Labute approximate surface area is 165 Å². The van der Waals surface area contributed by atoms with Crippen LogP contribution in [-0.4, -0.2) is 31.8 Å². The lowest BCUT2D eigenvalue weighted by Crippen LogP contribution is -2.30. The quantitative estimate of drug-likeness (QED) is 0.592. The van der Waals surface area contributed by atoms with Crippen LogP contribution in [0.4, 0.5) is 23.7 Å². The summed E-state index contributed by atoms with van der Waals surface area (Å²) in [6.45, 7) is 2.80. The van der Waals surface area contributed by atoms with Gasteiger partial charge in [-0.05, 0) is 67.1 Å². The first-order valence-electron chi connectivity index (χ1n) is 8.51. The third-order valence-corrected chi connectivity index (χ3v) is 4.31. The fourth-order valence-electron chi connectivity index (χ4n) is 2.38. The van der Waals surface area contributed by atoms with E-state index in [-0.39, 0.29) is 16.7 Å². The van der Waals surface area contributed by atoms with Gasteiger partial charge in [-0.3, -0.25) is 0 Å². The van der Waals surface area contributed by atoms with Crippen molar-refractivity contribution in [3.05, 3.63) is 48.0 Å². The Morgan fingerprint density at radius 2 is 1.82 bits per heavy atom. The number of alkyl halides is 3. The van der Waals surface area contributed by atoms with E-state index in [9.17, 15) is 18.0 Å². The van der Waals surface area contributed by atoms with Crippen molar-refractivity contribution in [2.75, 3.05) is 25.6 Å². The molecule has 0 atom stereocenters. The summed E-state index contributed by atoms with van der Waals surface area (Å²) in [5.41, 5.74) is -2.96. The van der Waals surface area contributed by atoms with E-state index in [0.29, 0.717) is 36.8 Å². The van der Waals surface area contributed by atoms with Gasteiger partial charge in [-0.1, -0.05) is 6.07 Å². The van der Waals surface area contributed by atoms with Crippen LogP contribution >= 0.6 is 11.8 Å². The van der Waals surface area contributed by atoms with Gasteiger partial charge < -0.3 is 20.1 Å². The Balaban J connectivity index is 1.81. The van der Waals surface area contributed by atoms with Gasteiger partial charge >= 0.3 is 11.5 Å². The van der Waals surface area contributed by atoms with Crippen LogP contribution in [0, 0.1) is 0 Å². The Bertz CT molecular complexity index is 783. The Kier molecular flexibility index (Phi) is 7.86. The zero-order valence-corrected chi connectivity index (χ0v) is 16.2. The molecule has 0 unspecified atom stereocenters. The minimum Gasteiger partial charge on any atom is -0.493 e. The fourth-order valence-corrected chi connectivity index (χ4v) is 2.92. The third kappa shape index (κ3) is 7.22. The van der Waals surface area contributed by atoms with Gasteiger partial charge in [0, 0.05) is 17.1 Å². The predicted molar refractivity (Wildman–Crippen MR) is 103 cm³/mol. The van der Waals surface area contributed by atoms with Crippen molar-refractivity contribution in [1.29, 1.82) is 0 Å². The Hall–Kier alpha value is -2.55. The van der Waals surface area contributed by atoms with Crippen LogP contribution in [0.25, 0.3) is 0 Å². The van der Waals surface area contributed by atoms with Crippen molar-refractivity contribution in [2.45, 2.75) is 23.7 Å². The van der Waals surface area contributed by atoms with Crippen LogP contribution < -0.4 is 20.1 Å². The third-order valence-electron chi connectivity index (χ3n) is 3.57. The Morgan fingerprint density at radius 1 is 1.11 bits per heavy atom. The summed E-state index contributed by atoms with van der Waals surface area (Å²) in [5, 5.41) is 5.28. The molecular weight excluding hydrogens is 393 g/mol. The van der Waals surface area contributed by atoms with Gasteiger partial charge in [-0.2, -0.15) is 13.2 Å². The first kappa shape index (κ1) is 21.7. The van der Waals surface area contributed by atoms with E-state index in [4.69, 9.17) is 9.47 Å². The minimum atomic E-state index is -4.34. The summed E-state index contributed by atoms with van der Waals surface area (Å²) in [6, 6.07) is 10.6. The summed E-state index contributed by atoms with van der Waals surface area (Å²) < 4.78 is 47.7. The highest BCUT2D eigenvalue weighted by Gasteiger charge is 2.29. The van der Waals surface area contributed by atoms with E-state index in [1.54, 1.807) is 7.11 Å². The molecule has 5 nitrogen and oxygen atoms in total. The summed E-state index contributed by atoms with van der Waals surface area (Å²) >= 11 is -0.201. The van der Waals surface area contributed by atoms with Gasteiger partial charge in [0.25, 0.3) is 0 Å². The predicted octanol–water partition coefficient (Wildman–Crippen LogP) is 5.07. The van der Waals surface area contributed by atoms with Crippen LogP contribution in [0.2, 0.25) is 0 Å². The van der Waals surface area contributed by atoms with Gasteiger partial charge in [-0.25, -0.2) is 4.79 Å². The number of thioether (sulfide) groups is 1. The number of urea groups is 1. The van der Waals surface area contributed by atoms with Crippen molar-refractivity contribution in [1.82, 2.24) is 5.32 Å². The van der Waals surface area contributed by atoms with Crippen molar-refractivity contribution >= 4 is 23.5 Å². The summed E-state index contributed by atoms with van der Waals surface area (Å²) in [7, 11) is 1.56. The van der Waals surface area contributed by atoms with Gasteiger partial charge in [0.1, 0.15) is 0 Å². The number of benzene rings is 2. The second-order valence-corrected chi connectivity index (χ2v) is 6.76. The molecule has 2 amide bonds. The van der Waals surface area contributed by atoms with Crippen LogP contribution in [0.5, 0.6) is 11.5 Å². The zero-order valence-electron chi connectivity index (χ0n) is 15.4. The maximum Gasteiger partial charge on any atom is 0.446 e. The molecule has 2 aromatic rings. The van der Waals surface area contributed by atoms with Crippen molar-refractivity contribution in [3.63, 3.8) is 0 Å². The molecule has 0 radical (unpaired) electrons. The second kappa shape index (κ2) is 10.1. The number of rotatable bonds is 8. The van der Waals surface area contributed by atoms with E-state index in [1.807, 2.05) is 25.1 Å². The molecular formula is C19H21F3N2O3S. The lowest BCUT2D eigenvalue weighted by Gasteiger charge is -2.12. The molecule has 0 saturated heterocycles. The molecule has 2 aromatic carbocycles. The SMILES string of the molecule is CCOc1ccc(CCNC(=O)Nc2ccc(SC(F)(F)F)cc2)cc1OC. The number of methoxy groups -OCH3 is 1. The summed E-state index contributed by atoms with van der Waals surface area (Å²) in [4.78, 5) is 12.0. The highest BCUT2D eigenvalue weighted by Crippen LogP contribution is 2.37. The maximum absolute atomic E-state index is 12.3.